The highest BCUT2D eigenvalue weighted by Gasteiger charge is 2.42. The van der Waals surface area contributed by atoms with Crippen LogP contribution in [0.2, 0.25) is 0 Å². The molecule has 3 heterocycles. The standard InChI is InChI=1S/C30H32N4O5S/c1-4-25-27(29(37)38-3)28(21-9-8-12-24(17-21)39-23-10-6-5-7-11-23)34-22(19-40-30(34)31-25)18-26(36)33-15-13-32(14-16-33)20(2)35/h5-12,17,19,28H,4,13-16,18H2,1-3H3/t28-/m0/s1. The molecule has 2 amide bonds. The molecule has 0 N–H and O–H groups in total. The average Bonchev–Trinajstić information content (AvgIpc) is 3.38. The van der Waals surface area contributed by atoms with E-state index in [1.165, 1.54) is 18.9 Å². The fourth-order valence-corrected chi connectivity index (χ4v) is 6.08. The zero-order valence-corrected chi connectivity index (χ0v) is 23.6. The van der Waals surface area contributed by atoms with Crippen molar-refractivity contribution in [2.75, 3.05) is 33.3 Å². The van der Waals surface area contributed by atoms with Crippen LogP contribution in [-0.2, 0) is 19.1 Å². The number of piperazine rings is 1. The molecule has 0 saturated carbocycles. The lowest BCUT2D eigenvalue weighted by molar-refractivity contribution is -0.138. The lowest BCUT2D eigenvalue weighted by Gasteiger charge is -2.38. The molecule has 1 fully saturated rings. The normalized spacial score (nSPS) is 18.7. The van der Waals surface area contributed by atoms with Crippen LogP contribution < -0.4 is 4.74 Å². The molecule has 40 heavy (non-hydrogen) atoms. The van der Waals surface area contributed by atoms with Gasteiger partial charge in [-0.3, -0.25) is 9.59 Å². The minimum Gasteiger partial charge on any atom is -0.466 e. The maximum Gasteiger partial charge on any atom is 0.338 e. The first-order valence-electron chi connectivity index (χ1n) is 13.3. The number of hydrogen-bond acceptors (Lipinski definition) is 8. The molecule has 2 aromatic carbocycles. The summed E-state index contributed by atoms with van der Waals surface area (Å²) in [5.41, 5.74) is 2.69. The Balaban J connectivity index is 1.46. The molecule has 1 saturated heterocycles. The fraction of sp³-hybridized carbons (Fsp3) is 0.333. The minimum atomic E-state index is -0.544. The number of ether oxygens (including phenoxy) is 2. The first-order valence-corrected chi connectivity index (χ1v) is 14.2. The first kappa shape index (κ1) is 27.5. The predicted molar refractivity (Wildman–Crippen MR) is 153 cm³/mol. The summed E-state index contributed by atoms with van der Waals surface area (Å²) in [6, 6.07) is 16.6. The molecule has 0 spiro atoms. The maximum absolute atomic E-state index is 13.4. The van der Waals surface area contributed by atoms with Crippen molar-refractivity contribution >= 4 is 34.7 Å². The summed E-state index contributed by atoms with van der Waals surface area (Å²) in [6.45, 7) is 5.55. The highest BCUT2D eigenvalue weighted by Crippen LogP contribution is 2.46. The molecular formula is C30H32N4O5S. The van der Waals surface area contributed by atoms with Crippen LogP contribution in [0, 0.1) is 0 Å². The summed E-state index contributed by atoms with van der Waals surface area (Å²) in [7, 11) is 1.37. The van der Waals surface area contributed by atoms with E-state index in [1.54, 1.807) is 16.7 Å². The Kier molecular flexibility index (Phi) is 8.25. The van der Waals surface area contributed by atoms with Crippen LogP contribution in [0.25, 0.3) is 0 Å². The molecule has 0 unspecified atom stereocenters. The molecule has 0 bridgehead atoms. The van der Waals surface area contributed by atoms with Gasteiger partial charge in [-0.15, -0.1) is 0 Å². The van der Waals surface area contributed by atoms with E-state index in [0.717, 1.165) is 11.3 Å². The van der Waals surface area contributed by atoms with Crippen LogP contribution in [0.5, 0.6) is 11.5 Å². The number of fused-ring (bicyclic) bond motifs is 1. The van der Waals surface area contributed by atoms with Gasteiger partial charge in [-0.1, -0.05) is 49.0 Å². The molecule has 5 rings (SSSR count). The van der Waals surface area contributed by atoms with Crippen molar-refractivity contribution in [1.29, 1.82) is 0 Å². The summed E-state index contributed by atoms with van der Waals surface area (Å²) in [6.07, 6.45) is 0.701. The third kappa shape index (κ3) is 5.62. The highest BCUT2D eigenvalue weighted by molar-refractivity contribution is 8.16. The molecule has 208 valence electrons. The monoisotopic (exact) mass is 560 g/mol. The number of hydrogen-bond donors (Lipinski definition) is 0. The number of esters is 1. The first-order chi connectivity index (χ1) is 19.4. The molecule has 3 aliphatic heterocycles. The summed E-state index contributed by atoms with van der Waals surface area (Å²) in [5, 5.41) is 2.65. The van der Waals surface area contributed by atoms with Crippen LogP contribution >= 0.6 is 11.8 Å². The number of amides is 2. The van der Waals surface area contributed by atoms with Gasteiger partial charge in [0.25, 0.3) is 0 Å². The summed E-state index contributed by atoms with van der Waals surface area (Å²) >= 11 is 1.45. The van der Waals surface area contributed by atoms with Crippen molar-refractivity contribution in [2.24, 2.45) is 4.99 Å². The van der Waals surface area contributed by atoms with Crippen LogP contribution in [-0.4, -0.2) is 70.9 Å². The van der Waals surface area contributed by atoms with Crippen molar-refractivity contribution in [3.8, 4) is 11.5 Å². The van der Waals surface area contributed by atoms with E-state index in [0.29, 0.717) is 60.5 Å². The molecular weight excluding hydrogens is 528 g/mol. The molecule has 1 atom stereocenters. The number of nitrogens with zero attached hydrogens (tertiary/aromatic N) is 4. The van der Waals surface area contributed by atoms with Crippen molar-refractivity contribution < 1.29 is 23.9 Å². The van der Waals surface area contributed by atoms with E-state index >= 15 is 0 Å². The van der Waals surface area contributed by atoms with Crippen LogP contribution in [0.1, 0.15) is 38.3 Å². The maximum atomic E-state index is 13.4. The smallest absolute Gasteiger partial charge is 0.338 e. The number of para-hydroxylation sites is 1. The van der Waals surface area contributed by atoms with Gasteiger partial charge < -0.3 is 24.2 Å². The SMILES string of the molecule is CCC1=C(C(=O)OC)[C@H](c2cccc(Oc3ccccc3)c2)N2C(CC(=O)N3CCN(C(C)=O)CC3)=CSC2=N1. The molecule has 10 heteroatoms. The van der Waals surface area contributed by atoms with Gasteiger partial charge in [-0.2, -0.15) is 0 Å². The fourth-order valence-electron chi connectivity index (χ4n) is 5.14. The largest absolute Gasteiger partial charge is 0.466 e. The minimum absolute atomic E-state index is 0.0198. The van der Waals surface area contributed by atoms with Crippen molar-refractivity contribution in [3.05, 3.63) is 82.5 Å². The van der Waals surface area contributed by atoms with Gasteiger partial charge in [0.1, 0.15) is 11.5 Å². The summed E-state index contributed by atoms with van der Waals surface area (Å²) in [4.78, 5) is 48.6. The second kappa shape index (κ2) is 12.0. The van der Waals surface area contributed by atoms with E-state index in [2.05, 4.69) is 0 Å². The van der Waals surface area contributed by atoms with E-state index in [4.69, 9.17) is 14.5 Å². The third-order valence-electron chi connectivity index (χ3n) is 7.19. The Labute approximate surface area is 238 Å². The third-order valence-corrected chi connectivity index (χ3v) is 8.08. The molecule has 0 aliphatic carbocycles. The van der Waals surface area contributed by atoms with Crippen LogP contribution in [0.4, 0.5) is 0 Å². The Morgan fingerprint density at radius 3 is 2.35 bits per heavy atom. The zero-order valence-electron chi connectivity index (χ0n) is 22.8. The predicted octanol–water partition coefficient (Wildman–Crippen LogP) is 4.70. The zero-order chi connectivity index (χ0) is 28.2. The van der Waals surface area contributed by atoms with Gasteiger partial charge in [0.05, 0.1) is 30.8 Å². The number of carbonyl (C=O) groups is 3. The Morgan fingerprint density at radius 2 is 1.68 bits per heavy atom. The Morgan fingerprint density at radius 1 is 0.975 bits per heavy atom. The quantitative estimate of drug-likeness (QED) is 0.454. The topological polar surface area (TPSA) is 91.8 Å². The number of methoxy groups -OCH3 is 1. The van der Waals surface area contributed by atoms with E-state index in [-0.39, 0.29) is 18.2 Å². The van der Waals surface area contributed by atoms with E-state index in [9.17, 15) is 14.4 Å². The molecule has 3 aliphatic rings. The Hall–Kier alpha value is -4.05. The summed E-state index contributed by atoms with van der Waals surface area (Å²) < 4.78 is 11.3. The second-order valence-corrected chi connectivity index (χ2v) is 10.5. The van der Waals surface area contributed by atoms with Gasteiger partial charge in [0.15, 0.2) is 5.17 Å². The van der Waals surface area contributed by atoms with Gasteiger partial charge in [-0.05, 0) is 41.7 Å². The number of allylic oxidation sites excluding steroid dienone is 1. The van der Waals surface area contributed by atoms with Crippen molar-refractivity contribution in [2.45, 2.75) is 32.7 Å². The highest BCUT2D eigenvalue weighted by atomic mass is 32.2. The van der Waals surface area contributed by atoms with Gasteiger partial charge in [0, 0.05) is 38.8 Å². The van der Waals surface area contributed by atoms with Crippen LogP contribution in [0.15, 0.2) is 82.0 Å². The number of aliphatic imine (C=N–C) groups is 1. The lowest BCUT2D eigenvalue weighted by atomic mass is 9.92. The molecule has 0 aromatic heterocycles. The van der Waals surface area contributed by atoms with Gasteiger partial charge in [-0.25, -0.2) is 9.79 Å². The van der Waals surface area contributed by atoms with Crippen LogP contribution in [0.3, 0.4) is 0 Å². The van der Waals surface area contributed by atoms with E-state index < -0.39 is 12.0 Å². The molecule has 2 aromatic rings. The second-order valence-electron chi connectivity index (χ2n) is 9.65. The summed E-state index contributed by atoms with van der Waals surface area (Å²) in [5.74, 6) is 0.873. The van der Waals surface area contributed by atoms with Crippen molar-refractivity contribution in [3.63, 3.8) is 0 Å². The van der Waals surface area contributed by atoms with Gasteiger partial charge in [0.2, 0.25) is 11.8 Å². The van der Waals surface area contributed by atoms with Gasteiger partial charge >= 0.3 is 5.97 Å². The van der Waals surface area contributed by atoms with E-state index in [1.807, 2.05) is 71.8 Å². The Bertz CT molecular complexity index is 1400. The van der Waals surface area contributed by atoms with Crippen molar-refractivity contribution in [1.82, 2.24) is 14.7 Å². The number of thioether (sulfide) groups is 1. The lowest BCUT2D eigenvalue weighted by Crippen LogP contribution is -2.50. The molecule has 9 nitrogen and oxygen atoms in total. The number of benzene rings is 2. The number of amidine groups is 1. The number of rotatable bonds is 7. The average molecular weight is 561 g/mol. The number of carbonyl (C=O) groups excluding carboxylic acids is 3. The molecule has 0 radical (unpaired) electrons.